The molecule has 0 unspecified atom stereocenters. The van der Waals surface area contributed by atoms with Crippen LogP contribution in [0.4, 0.5) is 8.78 Å². The second-order valence-electron chi connectivity index (χ2n) is 7.34. The van der Waals surface area contributed by atoms with Gasteiger partial charge in [-0.15, -0.1) is 0 Å². The number of halogens is 2. The van der Waals surface area contributed by atoms with Crippen molar-refractivity contribution in [2.45, 2.75) is 30.8 Å². The van der Waals surface area contributed by atoms with Crippen LogP contribution in [0.1, 0.15) is 28.8 Å². The average Bonchev–Trinajstić information content (AvgIpc) is 3.34. The lowest BCUT2D eigenvalue weighted by atomic mass is 10.1. The fourth-order valence-electron chi connectivity index (χ4n) is 3.31. The van der Waals surface area contributed by atoms with Gasteiger partial charge in [0.25, 0.3) is 5.91 Å². The molecule has 1 fully saturated rings. The molecule has 0 bridgehead atoms. The summed E-state index contributed by atoms with van der Waals surface area (Å²) in [5.41, 5.74) is 0.833. The summed E-state index contributed by atoms with van der Waals surface area (Å²) in [6.07, 6.45) is 2.04. The molecule has 1 saturated heterocycles. The molecule has 0 aliphatic carbocycles. The first-order chi connectivity index (χ1) is 15.8. The lowest BCUT2D eigenvalue weighted by Gasteiger charge is -2.15. The monoisotopic (exact) mass is 482 g/mol. The van der Waals surface area contributed by atoms with Crippen LogP contribution in [0.5, 0.6) is 5.75 Å². The number of alkyl halides is 2. The van der Waals surface area contributed by atoms with Crippen molar-refractivity contribution in [1.29, 1.82) is 0 Å². The first kappa shape index (κ1) is 24.6. The van der Waals surface area contributed by atoms with Crippen molar-refractivity contribution in [3.8, 4) is 5.75 Å². The molecule has 0 aromatic heterocycles. The Balaban J connectivity index is 1.45. The smallest absolute Gasteiger partial charge is 0.387 e. The molecule has 1 amide bonds. The number of carbonyl (C=O) groups excluding carboxylic acids is 2. The van der Waals surface area contributed by atoms with E-state index in [1.165, 1.54) is 40.7 Å². The lowest BCUT2D eigenvalue weighted by Crippen LogP contribution is -2.30. The Hall–Kier alpha value is -3.05. The van der Waals surface area contributed by atoms with Crippen LogP contribution in [0, 0.1) is 0 Å². The van der Waals surface area contributed by atoms with Crippen LogP contribution < -0.4 is 10.1 Å². The van der Waals surface area contributed by atoms with Gasteiger partial charge in [0.05, 0.1) is 10.5 Å². The third-order valence-corrected chi connectivity index (χ3v) is 6.89. The fraction of sp³-hybridized carbons (Fsp3) is 0.364. The molecule has 33 heavy (non-hydrogen) atoms. The summed E-state index contributed by atoms with van der Waals surface area (Å²) >= 11 is 0. The lowest BCUT2D eigenvalue weighted by molar-refractivity contribution is -0.124. The number of nitrogens with one attached hydrogen (secondary N) is 1. The van der Waals surface area contributed by atoms with E-state index in [-0.39, 0.29) is 22.8 Å². The van der Waals surface area contributed by atoms with E-state index < -0.39 is 35.1 Å². The van der Waals surface area contributed by atoms with E-state index in [1.807, 2.05) is 0 Å². The summed E-state index contributed by atoms with van der Waals surface area (Å²) in [5, 5.41) is 2.59. The zero-order chi connectivity index (χ0) is 23.8. The second-order valence-corrected chi connectivity index (χ2v) is 9.28. The molecule has 11 heteroatoms. The summed E-state index contributed by atoms with van der Waals surface area (Å²) in [5.74, 6) is -1.29. The zero-order valence-electron chi connectivity index (χ0n) is 17.7. The van der Waals surface area contributed by atoms with E-state index in [0.717, 1.165) is 18.4 Å². The number of benzene rings is 2. The summed E-state index contributed by atoms with van der Waals surface area (Å²) in [7, 11) is -3.67. The molecule has 0 radical (unpaired) electrons. The number of sulfonamides is 1. The van der Waals surface area contributed by atoms with E-state index in [2.05, 4.69) is 10.1 Å². The first-order valence-electron chi connectivity index (χ1n) is 10.3. The Kier molecular flexibility index (Phi) is 8.34. The third-order valence-electron chi connectivity index (χ3n) is 4.99. The van der Waals surface area contributed by atoms with Gasteiger partial charge in [-0.1, -0.05) is 18.2 Å². The van der Waals surface area contributed by atoms with Crippen molar-refractivity contribution < 1.29 is 36.3 Å². The highest BCUT2D eigenvalue weighted by Crippen LogP contribution is 2.22. The van der Waals surface area contributed by atoms with Crippen LogP contribution in [0.15, 0.2) is 53.4 Å². The van der Waals surface area contributed by atoms with Crippen LogP contribution in [-0.2, 0) is 26.0 Å². The van der Waals surface area contributed by atoms with Gasteiger partial charge in [0.15, 0.2) is 6.61 Å². The van der Waals surface area contributed by atoms with E-state index >= 15 is 0 Å². The summed E-state index contributed by atoms with van der Waals surface area (Å²) in [6, 6.07) is 11.6. The largest absolute Gasteiger partial charge is 0.452 e. The van der Waals surface area contributed by atoms with Crippen LogP contribution >= 0.6 is 0 Å². The Morgan fingerprint density at radius 3 is 2.42 bits per heavy atom. The molecule has 8 nitrogen and oxygen atoms in total. The van der Waals surface area contributed by atoms with Gasteiger partial charge in [-0.25, -0.2) is 13.2 Å². The van der Waals surface area contributed by atoms with Crippen molar-refractivity contribution >= 4 is 21.9 Å². The Morgan fingerprint density at radius 1 is 1.06 bits per heavy atom. The third kappa shape index (κ3) is 6.96. The van der Waals surface area contributed by atoms with Crippen LogP contribution in [0.2, 0.25) is 0 Å². The number of ether oxygens (including phenoxy) is 2. The number of hydrogen-bond donors (Lipinski definition) is 1. The Bertz CT molecular complexity index is 1070. The molecule has 2 aromatic rings. The molecular formula is C22H24F2N2O6S. The molecule has 0 spiro atoms. The minimum absolute atomic E-state index is 0.00766. The topological polar surface area (TPSA) is 102 Å². The second kappa shape index (κ2) is 11.2. The van der Waals surface area contributed by atoms with Gasteiger partial charge in [-0.2, -0.15) is 13.1 Å². The maximum atomic E-state index is 12.6. The Labute approximate surface area is 190 Å². The first-order valence-corrected chi connectivity index (χ1v) is 11.8. The molecule has 1 heterocycles. The van der Waals surface area contributed by atoms with Crippen molar-refractivity contribution in [1.82, 2.24) is 9.62 Å². The van der Waals surface area contributed by atoms with Gasteiger partial charge < -0.3 is 14.8 Å². The Morgan fingerprint density at radius 2 is 1.76 bits per heavy atom. The number of hydrogen-bond acceptors (Lipinski definition) is 6. The minimum atomic E-state index is -3.67. The van der Waals surface area contributed by atoms with Crippen molar-refractivity contribution in [3.05, 3.63) is 59.7 Å². The molecule has 178 valence electrons. The number of carbonyl (C=O) groups is 2. The molecule has 0 saturated carbocycles. The number of esters is 1. The maximum absolute atomic E-state index is 12.6. The molecule has 1 aliphatic heterocycles. The zero-order valence-corrected chi connectivity index (χ0v) is 18.5. The van der Waals surface area contributed by atoms with Crippen molar-refractivity contribution in [2.75, 3.05) is 26.2 Å². The molecule has 3 rings (SSSR count). The van der Waals surface area contributed by atoms with Crippen molar-refractivity contribution in [2.24, 2.45) is 0 Å². The van der Waals surface area contributed by atoms with E-state index in [4.69, 9.17) is 4.74 Å². The molecule has 0 atom stereocenters. The van der Waals surface area contributed by atoms with Gasteiger partial charge >= 0.3 is 12.6 Å². The SMILES string of the molecule is O=C(COC(=O)c1cccc(S(=O)(=O)N2CCCC2)c1)NCCc1ccc(OC(F)F)cc1. The van der Waals surface area contributed by atoms with Crippen LogP contribution in [-0.4, -0.2) is 57.5 Å². The maximum Gasteiger partial charge on any atom is 0.387 e. The number of amides is 1. The highest BCUT2D eigenvalue weighted by molar-refractivity contribution is 7.89. The predicted octanol–water partition coefficient (Wildman–Crippen LogP) is 2.59. The highest BCUT2D eigenvalue weighted by Gasteiger charge is 2.27. The number of rotatable bonds is 10. The molecular weight excluding hydrogens is 458 g/mol. The summed E-state index contributed by atoms with van der Waals surface area (Å²) in [6.45, 7) is -2.27. The van der Waals surface area contributed by atoms with Gasteiger partial charge in [-0.3, -0.25) is 4.79 Å². The molecule has 1 N–H and O–H groups in total. The quantitative estimate of drug-likeness (QED) is 0.523. The van der Waals surface area contributed by atoms with Crippen LogP contribution in [0.25, 0.3) is 0 Å². The summed E-state index contributed by atoms with van der Waals surface area (Å²) < 4.78 is 60.2. The normalized spacial score (nSPS) is 14.3. The molecule has 1 aliphatic rings. The van der Waals surface area contributed by atoms with Gasteiger partial charge in [-0.05, 0) is 55.2 Å². The van der Waals surface area contributed by atoms with E-state index in [1.54, 1.807) is 12.1 Å². The minimum Gasteiger partial charge on any atom is -0.452 e. The van der Waals surface area contributed by atoms with E-state index in [0.29, 0.717) is 19.5 Å². The average molecular weight is 483 g/mol. The van der Waals surface area contributed by atoms with Crippen molar-refractivity contribution in [3.63, 3.8) is 0 Å². The fourth-order valence-corrected chi connectivity index (χ4v) is 4.87. The predicted molar refractivity (Wildman–Crippen MR) is 115 cm³/mol. The van der Waals surface area contributed by atoms with Crippen LogP contribution in [0.3, 0.4) is 0 Å². The number of nitrogens with zero attached hydrogens (tertiary/aromatic N) is 1. The van der Waals surface area contributed by atoms with Gasteiger partial charge in [0.1, 0.15) is 5.75 Å². The summed E-state index contributed by atoms with van der Waals surface area (Å²) in [4.78, 5) is 24.2. The van der Waals surface area contributed by atoms with Gasteiger partial charge in [0.2, 0.25) is 10.0 Å². The standard InChI is InChI=1S/C22H24F2N2O6S/c23-22(24)32-18-8-6-16(7-9-18)10-11-25-20(27)15-31-21(28)17-4-3-5-19(14-17)33(29,30)26-12-1-2-13-26/h3-9,14,22H,1-2,10-13,15H2,(H,25,27). The molecule has 2 aromatic carbocycles. The highest BCUT2D eigenvalue weighted by atomic mass is 32.2. The van der Waals surface area contributed by atoms with E-state index in [9.17, 15) is 26.8 Å². The van der Waals surface area contributed by atoms with Gasteiger partial charge in [0, 0.05) is 19.6 Å².